The lowest BCUT2D eigenvalue weighted by Gasteiger charge is -2.28. The van der Waals surface area contributed by atoms with E-state index in [1.54, 1.807) is 0 Å². The fourth-order valence-electron chi connectivity index (χ4n) is 2.82. The van der Waals surface area contributed by atoms with Crippen LogP contribution in [-0.2, 0) is 9.59 Å². The molecule has 5 heteroatoms. The topological polar surface area (TPSA) is 69.6 Å². The summed E-state index contributed by atoms with van der Waals surface area (Å²) in [6.45, 7) is 2.15. The number of piperidine rings is 1. The molecule has 1 amide bonds. The monoisotopic (exact) mass is 288 g/mol. The predicted octanol–water partition coefficient (Wildman–Crippen LogP) is 2.48. The van der Waals surface area contributed by atoms with E-state index in [2.05, 4.69) is 10.2 Å². The number of carbonyl (C=O) groups excluding carboxylic acids is 1. The van der Waals surface area contributed by atoms with Crippen LogP contribution in [-0.4, -0.2) is 30.1 Å². The number of rotatable bonds is 4. The summed E-state index contributed by atoms with van der Waals surface area (Å²) in [5.74, 6) is -1.43. The van der Waals surface area contributed by atoms with Crippen LogP contribution in [0.1, 0.15) is 32.1 Å². The van der Waals surface area contributed by atoms with Gasteiger partial charge in [-0.05, 0) is 56.4 Å². The Morgan fingerprint density at radius 3 is 2.19 bits per heavy atom. The van der Waals surface area contributed by atoms with Crippen molar-refractivity contribution in [2.45, 2.75) is 32.1 Å². The highest BCUT2D eigenvalue weighted by Crippen LogP contribution is 2.46. The Balaban J connectivity index is 1.64. The second-order valence-corrected chi connectivity index (χ2v) is 5.94. The van der Waals surface area contributed by atoms with E-state index in [0.29, 0.717) is 18.5 Å². The van der Waals surface area contributed by atoms with Crippen LogP contribution < -0.4 is 10.2 Å². The largest absolute Gasteiger partial charge is 0.480 e. The molecule has 3 rings (SSSR count). The van der Waals surface area contributed by atoms with E-state index in [9.17, 15) is 9.59 Å². The number of carbonyl (C=O) groups is 2. The number of hydrogen-bond donors (Lipinski definition) is 2. The molecule has 21 heavy (non-hydrogen) atoms. The Morgan fingerprint density at radius 2 is 1.67 bits per heavy atom. The molecule has 1 aromatic rings. The number of carboxylic acid groups (broad SMARTS) is 1. The van der Waals surface area contributed by atoms with Crippen LogP contribution in [0, 0.1) is 5.41 Å². The van der Waals surface area contributed by atoms with Gasteiger partial charge in [0.15, 0.2) is 0 Å². The van der Waals surface area contributed by atoms with E-state index in [1.165, 1.54) is 19.3 Å². The number of nitrogens with zero attached hydrogens (tertiary/aromatic N) is 1. The van der Waals surface area contributed by atoms with Gasteiger partial charge in [0, 0.05) is 24.5 Å². The molecule has 2 N–H and O–H groups in total. The lowest BCUT2D eigenvalue weighted by molar-refractivity contribution is -0.147. The zero-order valence-corrected chi connectivity index (χ0v) is 12.0. The number of anilines is 2. The maximum absolute atomic E-state index is 12.0. The Labute approximate surface area is 123 Å². The zero-order valence-electron chi connectivity index (χ0n) is 12.0. The van der Waals surface area contributed by atoms with Crippen molar-refractivity contribution in [1.82, 2.24) is 0 Å². The summed E-state index contributed by atoms with van der Waals surface area (Å²) in [6, 6.07) is 7.67. The molecule has 2 aliphatic rings. The molecule has 0 atom stereocenters. The van der Waals surface area contributed by atoms with Gasteiger partial charge in [-0.15, -0.1) is 0 Å². The second-order valence-electron chi connectivity index (χ2n) is 5.94. The smallest absolute Gasteiger partial charge is 0.319 e. The molecule has 0 unspecified atom stereocenters. The highest BCUT2D eigenvalue weighted by Gasteiger charge is 2.57. The van der Waals surface area contributed by atoms with Crippen molar-refractivity contribution in [3.05, 3.63) is 24.3 Å². The number of hydrogen-bond acceptors (Lipinski definition) is 3. The standard InChI is InChI=1S/C16H20N2O3/c19-14(16(8-9-16)15(20)21)17-12-4-6-13(7-5-12)18-10-2-1-3-11-18/h4-7H,1-3,8-11H2,(H,17,19)(H,20,21). The summed E-state index contributed by atoms with van der Waals surface area (Å²) in [5.41, 5.74) is 0.631. The molecular formula is C16H20N2O3. The van der Waals surface area contributed by atoms with E-state index in [-0.39, 0.29) is 0 Å². The van der Waals surface area contributed by atoms with Gasteiger partial charge in [0.25, 0.3) is 0 Å². The average molecular weight is 288 g/mol. The Hall–Kier alpha value is -2.04. The third-order valence-corrected chi connectivity index (χ3v) is 4.44. The number of amides is 1. The first-order valence-corrected chi connectivity index (χ1v) is 7.52. The summed E-state index contributed by atoms with van der Waals surface area (Å²) >= 11 is 0. The van der Waals surface area contributed by atoms with Crippen molar-refractivity contribution in [3.8, 4) is 0 Å². The van der Waals surface area contributed by atoms with Crippen LogP contribution in [0.2, 0.25) is 0 Å². The van der Waals surface area contributed by atoms with E-state index in [4.69, 9.17) is 5.11 Å². The minimum Gasteiger partial charge on any atom is -0.480 e. The lowest BCUT2D eigenvalue weighted by atomic mass is 10.1. The summed E-state index contributed by atoms with van der Waals surface area (Å²) in [7, 11) is 0. The number of benzene rings is 1. The molecule has 1 saturated heterocycles. The molecule has 2 fully saturated rings. The van der Waals surface area contributed by atoms with Crippen molar-refractivity contribution < 1.29 is 14.7 Å². The van der Waals surface area contributed by atoms with Crippen LogP contribution in [0.4, 0.5) is 11.4 Å². The fourth-order valence-corrected chi connectivity index (χ4v) is 2.82. The van der Waals surface area contributed by atoms with Crippen LogP contribution >= 0.6 is 0 Å². The number of aliphatic carboxylic acids is 1. The second kappa shape index (κ2) is 5.39. The minimum atomic E-state index is -1.19. The van der Waals surface area contributed by atoms with Crippen molar-refractivity contribution >= 4 is 23.3 Å². The molecule has 1 aromatic carbocycles. The van der Waals surface area contributed by atoms with Crippen LogP contribution in [0.3, 0.4) is 0 Å². The minimum absolute atomic E-state index is 0.402. The van der Waals surface area contributed by atoms with Gasteiger partial charge in [-0.1, -0.05) is 0 Å². The molecule has 1 saturated carbocycles. The van der Waals surface area contributed by atoms with Crippen LogP contribution in [0.15, 0.2) is 24.3 Å². The van der Waals surface area contributed by atoms with Gasteiger partial charge in [-0.3, -0.25) is 9.59 Å². The van der Waals surface area contributed by atoms with Crippen LogP contribution in [0.25, 0.3) is 0 Å². The van der Waals surface area contributed by atoms with Crippen molar-refractivity contribution in [2.24, 2.45) is 5.41 Å². The maximum atomic E-state index is 12.0. The molecule has 5 nitrogen and oxygen atoms in total. The van der Waals surface area contributed by atoms with E-state index < -0.39 is 17.3 Å². The predicted molar refractivity (Wildman–Crippen MR) is 80.4 cm³/mol. The molecule has 0 aromatic heterocycles. The molecular weight excluding hydrogens is 268 g/mol. The molecule has 0 bridgehead atoms. The third kappa shape index (κ3) is 2.73. The average Bonchev–Trinajstić information content (AvgIpc) is 3.31. The van der Waals surface area contributed by atoms with Gasteiger partial charge in [0.1, 0.15) is 5.41 Å². The SMILES string of the molecule is O=C(O)C1(C(=O)Nc2ccc(N3CCCCC3)cc2)CC1. The first-order chi connectivity index (χ1) is 10.1. The maximum Gasteiger partial charge on any atom is 0.319 e. The van der Waals surface area contributed by atoms with Crippen molar-refractivity contribution in [2.75, 3.05) is 23.3 Å². The molecule has 0 spiro atoms. The molecule has 112 valence electrons. The zero-order chi connectivity index (χ0) is 14.9. The van der Waals surface area contributed by atoms with Crippen LogP contribution in [0.5, 0.6) is 0 Å². The molecule has 1 heterocycles. The fraction of sp³-hybridized carbons (Fsp3) is 0.500. The van der Waals surface area contributed by atoms with Gasteiger partial charge < -0.3 is 15.3 Å². The Bertz CT molecular complexity index is 543. The Morgan fingerprint density at radius 1 is 1.05 bits per heavy atom. The number of carboxylic acids is 1. The number of nitrogens with one attached hydrogen (secondary N) is 1. The summed E-state index contributed by atoms with van der Waals surface area (Å²) in [4.78, 5) is 25.5. The van der Waals surface area contributed by atoms with E-state index >= 15 is 0 Å². The van der Waals surface area contributed by atoms with Crippen molar-refractivity contribution in [3.63, 3.8) is 0 Å². The first-order valence-electron chi connectivity index (χ1n) is 7.52. The molecule has 0 radical (unpaired) electrons. The van der Waals surface area contributed by atoms with Gasteiger partial charge in [-0.2, -0.15) is 0 Å². The summed E-state index contributed by atoms with van der Waals surface area (Å²) in [5, 5.41) is 11.8. The quantitative estimate of drug-likeness (QED) is 0.835. The lowest BCUT2D eigenvalue weighted by Crippen LogP contribution is -2.31. The normalized spacial score (nSPS) is 19.9. The summed E-state index contributed by atoms with van der Waals surface area (Å²) < 4.78 is 0. The van der Waals surface area contributed by atoms with Gasteiger partial charge in [-0.25, -0.2) is 0 Å². The highest BCUT2D eigenvalue weighted by molar-refractivity contribution is 6.10. The van der Waals surface area contributed by atoms with Gasteiger partial charge >= 0.3 is 5.97 Å². The van der Waals surface area contributed by atoms with Crippen molar-refractivity contribution in [1.29, 1.82) is 0 Å². The van der Waals surface area contributed by atoms with Gasteiger partial charge in [0.2, 0.25) is 5.91 Å². The molecule has 1 aliphatic heterocycles. The third-order valence-electron chi connectivity index (χ3n) is 4.44. The van der Waals surface area contributed by atoms with E-state index in [0.717, 1.165) is 18.8 Å². The first kappa shape index (κ1) is 13.9. The van der Waals surface area contributed by atoms with E-state index in [1.807, 2.05) is 24.3 Å². The van der Waals surface area contributed by atoms with Gasteiger partial charge in [0.05, 0.1) is 0 Å². The summed E-state index contributed by atoms with van der Waals surface area (Å²) in [6.07, 6.45) is 4.60. The molecule has 1 aliphatic carbocycles. The highest BCUT2D eigenvalue weighted by atomic mass is 16.4. The Kier molecular flexibility index (Phi) is 3.57.